The number of amides is 1. The molecule has 1 N–H and O–H groups in total. The van der Waals surface area contributed by atoms with E-state index in [1.807, 2.05) is 20.8 Å². The topological polar surface area (TPSA) is 51.2 Å². The number of hydrogen-bond acceptors (Lipinski definition) is 3. The van der Waals surface area contributed by atoms with Crippen LogP contribution in [0.15, 0.2) is 12.1 Å². The summed E-state index contributed by atoms with van der Waals surface area (Å²) in [6, 6.07) is 3.23. The molecule has 0 aliphatic rings. The monoisotopic (exact) mass is 290 g/mol. The molecular formula is C12H16Cl2N2O2. The Hall–Kier alpha value is -1.00. The number of carbonyl (C=O) groups excluding carboxylic acids is 1. The van der Waals surface area contributed by atoms with E-state index in [2.05, 4.69) is 10.3 Å². The Kier molecular flexibility index (Phi) is 4.82. The highest BCUT2D eigenvalue weighted by atomic mass is 35.5. The number of nitrogens with zero attached hydrogens (tertiary/aromatic N) is 1. The quantitative estimate of drug-likeness (QED) is 0.839. The van der Waals surface area contributed by atoms with Gasteiger partial charge in [0.05, 0.1) is 0 Å². The lowest BCUT2D eigenvalue weighted by Crippen LogP contribution is -2.41. The molecule has 0 aliphatic heterocycles. The minimum Gasteiger partial charge on any atom is -0.442 e. The number of rotatable bonds is 2. The third-order valence-corrected chi connectivity index (χ3v) is 2.40. The number of pyridine rings is 1. The molecule has 1 atom stereocenters. The number of alkyl carbamates (subject to hydrolysis) is 1. The van der Waals surface area contributed by atoms with E-state index in [4.69, 9.17) is 27.9 Å². The molecule has 1 unspecified atom stereocenters. The zero-order chi connectivity index (χ0) is 13.9. The van der Waals surface area contributed by atoms with Crippen LogP contribution in [0, 0.1) is 0 Å². The van der Waals surface area contributed by atoms with Crippen LogP contribution in [0.4, 0.5) is 4.79 Å². The van der Waals surface area contributed by atoms with E-state index >= 15 is 0 Å². The van der Waals surface area contributed by atoms with Crippen molar-refractivity contribution < 1.29 is 9.53 Å². The van der Waals surface area contributed by atoms with Gasteiger partial charge in [0.2, 0.25) is 0 Å². The van der Waals surface area contributed by atoms with Crippen LogP contribution in [-0.4, -0.2) is 16.6 Å². The molecule has 0 spiro atoms. The number of halogens is 2. The summed E-state index contributed by atoms with van der Waals surface area (Å²) in [5.74, 6) is 0. The van der Waals surface area contributed by atoms with Crippen molar-refractivity contribution in [2.75, 3.05) is 0 Å². The molecule has 0 aliphatic carbocycles. The van der Waals surface area contributed by atoms with Crippen molar-refractivity contribution in [3.05, 3.63) is 28.0 Å². The van der Waals surface area contributed by atoms with Gasteiger partial charge >= 0.3 is 6.09 Å². The molecule has 1 heterocycles. The standard InChI is InChI=1S/C12H16Cl2N2O2/c1-7(18-11(17)16-12(2,3)4)8-5-9(13)15-10(14)6-8/h5-7H,1-4H3,(H,16,17). The summed E-state index contributed by atoms with van der Waals surface area (Å²) in [7, 11) is 0. The predicted molar refractivity (Wildman–Crippen MR) is 72.0 cm³/mol. The molecule has 6 heteroatoms. The third-order valence-electron chi connectivity index (χ3n) is 2.02. The van der Waals surface area contributed by atoms with Crippen LogP contribution in [0.1, 0.15) is 39.4 Å². The Morgan fingerprint density at radius 1 is 1.33 bits per heavy atom. The molecule has 1 rings (SSSR count). The van der Waals surface area contributed by atoms with Gasteiger partial charge in [0.25, 0.3) is 0 Å². The molecule has 18 heavy (non-hydrogen) atoms. The van der Waals surface area contributed by atoms with Gasteiger partial charge < -0.3 is 10.1 Å². The zero-order valence-electron chi connectivity index (χ0n) is 10.8. The fourth-order valence-electron chi connectivity index (χ4n) is 1.28. The average Bonchev–Trinajstić information content (AvgIpc) is 2.12. The first kappa shape index (κ1) is 15.1. The van der Waals surface area contributed by atoms with Crippen molar-refractivity contribution in [1.82, 2.24) is 10.3 Å². The summed E-state index contributed by atoms with van der Waals surface area (Å²) in [5, 5.41) is 3.24. The van der Waals surface area contributed by atoms with Crippen molar-refractivity contribution >= 4 is 29.3 Å². The van der Waals surface area contributed by atoms with Crippen molar-refractivity contribution in [2.24, 2.45) is 0 Å². The largest absolute Gasteiger partial charge is 0.442 e. The van der Waals surface area contributed by atoms with E-state index in [-0.39, 0.29) is 15.8 Å². The van der Waals surface area contributed by atoms with Gasteiger partial charge in [0.15, 0.2) is 0 Å². The van der Waals surface area contributed by atoms with Crippen LogP contribution in [0.5, 0.6) is 0 Å². The Morgan fingerprint density at radius 2 is 1.83 bits per heavy atom. The second kappa shape index (κ2) is 5.76. The maximum atomic E-state index is 11.6. The van der Waals surface area contributed by atoms with E-state index < -0.39 is 12.2 Å². The Bertz CT molecular complexity index is 424. The highest BCUT2D eigenvalue weighted by Gasteiger charge is 2.18. The lowest BCUT2D eigenvalue weighted by Gasteiger charge is -2.22. The lowest BCUT2D eigenvalue weighted by molar-refractivity contribution is 0.1000. The van der Waals surface area contributed by atoms with E-state index in [1.165, 1.54) is 0 Å². The fourth-order valence-corrected chi connectivity index (χ4v) is 1.76. The number of ether oxygens (including phenoxy) is 1. The molecule has 0 radical (unpaired) electrons. The molecule has 100 valence electrons. The van der Waals surface area contributed by atoms with Crippen LogP contribution in [-0.2, 0) is 4.74 Å². The van der Waals surface area contributed by atoms with Crippen molar-refractivity contribution in [3.63, 3.8) is 0 Å². The molecule has 0 aromatic carbocycles. The van der Waals surface area contributed by atoms with Gasteiger partial charge in [-0.2, -0.15) is 0 Å². The second-order valence-electron chi connectivity index (χ2n) is 4.97. The van der Waals surface area contributed by atoms with Crippen molar-refractivity contribution in [3.8, 4) is 0 Å². The van der Waals surface area contributed by atoms with Gasteiger partial charge in [-0.05, 0) is 45.4 Å². The molecule has 0 saturated carbocycles. The Labute approximate surface area is 117 Å². The molecular weight excluding hydrogens is 275 g/mol. The molecule has 0 saturated heterocycles. The average molecular weight is 291 g/mol. The number of aromatic nitrogens is 1. The first-order valence-electron chi connectivity index (χ1n) is 5.49. The first-order chi connectivity index (χ1) is 8.17. The number of nitrogens with one attached hydrogen (secondary N) is 1. The molecule has 1 aromatic heterocycles. The maximum absolute atomic E-state index is 11.6. The van der Waals surface area contributed by atoms with E-state index in [1.54, 1.807) is 19.1 Å². The van der Waals surface area contributed by atoms with E-state index in [9.17, 15) is 4.79 Å². The highest BCUT2D eigenvalue weighted by molar-refractivity contribution is 6.32. The van der Waals surface area contributed by atoms with E-state index in [0.29, 0.717) is 5.56 Å². The molecule has 0 fully saturated rings. The van der Waals surface area contributed by atoms with Crippen LogP contribution in [0.25, 0.3) is 0 Å². The SMILES string of the molecule is CC(OC(=O)NC(C)(C)C)c1cc(Cl)nc(Cl)c1. The second-order valence-corrected chi connectivity index (χ2v) is 5.74. The predicted octanol–water partition coefficient (Wildman–Crippen LogP) is 3.97. The lowest BCUT2D eigenvalue weighted by atomic mass is 10.1. The Balaban J connectivity index is 2.70. The smallest absolute Gasteiger partial charge is 0.408 e. The summed E-state index contributed by atoms with van der Waals surface area (Å²) < 4.78 is 5.23. The zero-order valence-corrected chi connectivity index (χ0v) is 12.3. The molecule has 1 amide bonds. The van der Waals surface area contributed by atoms with Gasteiger partial charge in [0, 0.05) is 5.54 Å². The van der Waals surface area contributed by atoms with Gasteiger partial charge in [-0.1, -0.05) is 23.2 Å². The first-order valence-corrected chi connectivity index (χ1v) is 6.25. The van der Waals surface area contributed by atoms with Crippen LogP contribution < -0.4 is 5.32 Å². The minimum atomic E-state index is -0.487. The summed E-state index contributed by atoms with van der Waals surface area (Å²) >= 11 is 11.6. The van der Waals surface area contributed by atoms with Gasteiger partial charge in [0.1, 0.15) is 16.4 Å². The summed E-state index contributed by atoms with van der Waals surface area (Å²) in [4.78, 5) is 15.4. The van der Waals surface area contributed by atoms with Gasteiger partial charge in [-0.25, -0.2) is 9.78 Å². The number of carbonyl (C=O) groups is 1. The van der Waals surface area contributed by atoms with Crippen molar-refractivity contribution in [1.29, 1.82) is 0 Å². The minimum absolute atomic E-state index is 0.268. The van der Waals surface area contributed by atoms with E-state index in [0.717, 1.165) is 0 Å². The van der Waals surface area contributed by atoms with Gasteiger partial charge in [-0.15, -0.1) is 0 Å². The third kappa shape index (κ3) is 5.10. The maximum Gasteiger partial charge on any atom is 0.408 e. The summed E-state index contributed by atoms with van der Waals surface area (Å²) in [6.07, 6.45) is -0.940. The summed E-state index contributed by atoms with van der Waals surface area (Å²) in [5.41, 5.74) is 0.355. The van der Waals surface area contributed by atoms with Gasteiger partial charge in [-0.3, -0.25) is 0 Å². The molecule has 0 bridgehead atoms. The van der Waals surface area contributed by atoms with Crippen molar-refractivity contribution in [2.45, 2.75) is 39.3 Å². The normalized spacial score (nSPS) is 13.0. The van der Waals surface area contributed by atoms with Crippen LogP contribution in [0.3, 0.4) is 0 Å². The number of hydrogen-bond donors (Lipinski definition) is 1. The van der Waals surface area contributed by atoms with Crippen LogP contribution >= 0.6 is 23.2 Å². The molecule has 4 nitrogen and oxygen atoms in total. The Morgan fingerprint density at radius 3 is 2.28 bits per heavy atom. The van der Waals surface area contributed by atoms with Crippen LogP contribution in [0.2, 0.25) is 10.3 Å². The summed E-state index contributed by atoms with van der Waals surface area (Å²) in [6.45, 7) is 7.36. The molecule has 1 aromatic rings. The highest BCUT2D eigenvalue weighted by Crippen LogP contribution is 2.23. The fraction of sp³-hybridized carbons (Fsp3) is 0.500.